The van der Waals surface area contributed by atoms with Crippen molar-refractivity contribution in [1.82, 2.24) is 4.98 Å². The zero-order valence-electron chi connectivity index (χ0n) is 11.8. The second-order valence-corrected chi connectivity index (χ2v) is 5.10. The summed E-state index contributed by atoms with van der Waals surface area (Å²) in [5.74, 6) is -0.635. The number of hydrogen-bond donors (Lipinski definition) is 2. The maximum Gasteiger partial charge on any atom is 0.308 e. The minimum absolute atomic E-state index is 0.0486. The summed E-state index contributed by atoms with van der Waals surface area (Å²) in [7, 11) is 0. The van der Waals surface area contributed by atoms with E-state index in [1.165, 1.54) is 12.1 Å². The summed E-state index contributed by atoms with van der Waals surface area (Å²) in [4.78, 5) is 25.4. The van der Waals surface area contributed by atoms with Gasteiger partial charge in [0, 0.05) is 12.6 Å². The van der Waals surface area contributed by atoms with Crippen LogP contribution in [0.1, 0.15) is 26.0 Å². The highest BCUT2D eigenvalue weighted by Crippen LogP contribution is 2.19. The molecule has 0 aliphatic heterocycles. The standard InChI is InChI=1S/C13H19N3O4/c1-8(2)6-10(13(17)18)7-14-12-5-4-11(16(19)20)9(3)15-12/h4-5,8,10H,6-7H2,1-3H3,(H,14,15)(H,17,18). The van der Waals surface area contributed by atoms with Crippen LogP contribution < -0.4 is 5.32 Å². The number of nitrogens with zero attached hydrogens (tertiary/aromatic N) is 2. The average Bonchev–Trinajstić information content (AvgIpc) is 2.33. The Morgan fingerprint density at radius 2 is 2.15 bits per heavy atom. The van der Waals surface area contributed by atoms with E-state index < -0.39 is 16.8 Å². The number of carboxylic acids is 1. The summed E-state index contributed by atoms with van der Waals surface area (Å²) in [6.07, 6.45) is 0.564. The van der Waals surface area contributed by atoms with Crippen molar-refractivity contribution in [3.05, 3.63) is 27.9 Å². The third kappa shape index (κ3) is 4.49. The Hall–Kier alpha value is -2.18. The lowest BCUT2D eigenvalue weighted by Gasteiger charge is -2.15. The number of hydrogen-bond acceptors (Lipinski definition) is 5. The molecule has 0 saturated heterocycles. The number of pyridine rings is 1. The monoisotopic (exact) mass is 281 g/mol. The molecule has 1 aromatic heterocycles. The van der Waals surface area contributed by atoms with Crippen LogP contribution in [0.4, 0.5) is 11.5 Å². The predicted molar refractivity (Wildman–Crippen MR) is 74.7 cm³/mol. The summed E-state index contributed by atoms with van der Waals surface area (Å²) in [5.41, 5.74) is 0.253. The van der Waals surface area contributed by atoms with E-state index in [2.05, 4.69) is 10.3 Å². The third-order valence-corrected chi connectivity index (χ3v) is 2.89. The normalized spacial score (nSPS) is 12.2. The molecule has 1 atom stereocenters. The van der Waals surface area contributed by atoms with Gasteiger partial charge in [0.25, 0.3) is 5.69 Å². The molecule has 1 rings (SSSR count). The molecule has 0 saturated carbocycles. The third-order valence-electron chi connectivity index (χ3n) is 2.89. The Morgan fingerprint density at radius 1 is 1.50 bits per heavy atom. The highest BCUT2D eigenvalue weighted by Gasteiger charge is 2.19. The van der Waals surface area contributed by atoms with Gasteiger partial charge in [-0.05, 0) is 25.3 Å². The molecule has 0 amide bonds. The quantitative estimate of drug-likeness (QED) is 0.587. The van der Waals surface area contributed by atoms with Crippen molar-refractivity contribution in [1.29, 1.82) is 0 Å². The average molecular weight is 281 g/mol. The molecule has 1 aromatic rings. The van der Waals surface area contributed by atoms with E-state index in [4.69, 9.17) is 5.11 Å². The molecular weight excluding hydrogens is 262 g/mol. The zero-order chi connectivity index (χ0) is 15.3. The van der Waals surface area contributed by atoms with E-state index >= 15 is 0 Å². The Balaban J connectivity index is 2.71. The summed E-state index contributed by atoms with van der Waals surface area (Å²) in [6.45, 7) is 5.72. The molecule has 0 spiro atoms. The summed E-state index contributed by atoms with van der Waals surface area (Å²) in [6, 6.07) is 2.85. The van der Waals surface area contributed by atoms with E-state index in [1.54, 1.807) is 6.92 Å². The molecule has 110 valence electrons. The SMILES string of the molecule is Cc1nc(NCC(CC(C)C)C(=O)O)ccc1[N+](=O)[O-]. The van der Waals surface area contributed by atoms with Crippen molar-refractivity contribution in [3.63, 3.8) is 0 Å². The van der Waals surface area contributed by atoms with Crippen molar-refractivity contribution in [3.8, 4) is 0 Å². The van der Waals surface area contributed by atoms with Crippen molar-refractivity contribution in [2.24, 2.45) is 11.8 Å². The molecule has 7 nitrogen and oxygen atoms in total. The van der Waals surface area contributed by atoms with Crippen LogP contribution in [-0.4, -0.2) is 27.5 Å². The Bertz CT molecular complexity index is 502. The van der Waals surface area contributed by atoms with Gasteiger partial charge in [-0.15, -0.1) is 0 Å². The molecule has 0 aliphatic rings. The Morgan fingerprint density at radius 3 is 2.60 bits per heavy atom. The van der Waals surface area contributed by atoms with Gasteiger partial charge in [0.1, 0.15) is 11.5 Å². The first-order chi connectivity index (χ1) is 9.31. The largest absolute Gasteiger partial charge is 0.481 e. The van der Waals surface area contributed by atoms with Gasteiger partial charge >= 0.3 is 5.97 Å². The van der Waals surface area contributed by atoms with Crippen LogP contribution in [0.3, 0.4) is 0 Å². The molecule has 7 heteroatoms. The van der Waals surface area contributed by atoms with Crippen molar-refractivity contribution >= 4 is 17.5 Å². The number of nitro groups is 1. The number of aryl methyl sites for hydroxylation is 1. The molecular formula is C13H19N3O4. The van der Waals surface area contributed by atoms with Crippen LogP contribution in [-0.2, 0) is 4.79 Å². The lowest BCUT2D eigenvalue weighted by Crippen LogP contribution is -2.24. The predicted octanol–water partition coefficient (Wildman–Crippen LogP) is 2.46. The number of aromatic nitrogens is 1. The van der Waals surface area contributed by atoms with E-state index in [9.17, 15) is 14.9 Å². The molecule has 0 aromatic carbocycles. The highest BCUT2D eigenvalue weighted by atomic mass is 16.6. The minimum atomic E-state index is -0.857. The smallest absolute Gasteiger partial charge is 0.308 e. The molecule has 0 fully saturated rings. The van der Waals surface area contributed by atoms with E-state index in [0.29, 0.717) is 17.9 Å². The molecule has 1 heterocycles. The van der Waals surface area contributed by atoms with Crippen molar-refractivity contribution < 1.29 is 14.8 Å². The van der Waals surface area contributed by atoms with Gasteiger partial charge in [0.15, 0.2) is 0 Å². The number of aliphatic carboxylic acids is 1. The summed E-state index contributed by atoms with van der Waals surface area (Å²) < 4.78 is 0. The Labute approximate surface area is 117 Å². The molecule has 0 radical (unpaired) electrons. The second kappa shape index (κ2) is 6.83. The van der Waals surface area contributed by atoms with Gasteiger partial charge in [-0.2, -0.15) is 0 Å². The summed E-state index contributed by atoms with van der Waals surface area (Å²) >= 11 is 0. The van der Waals surface area contributed by atoms with Crippen LogP contribution >= 0.6 is 0 Å². The molecule has 0 bridgehead atoms. The lowest BCUT2D eigenvalue weighted by molar-refractivity contribution is -0.385. The fourth-order valence-corrected chi connectivity index (χ4v) is 1.91. The van der Waals surface area contributed by atoms with Crippen LogP contribution in [0.15, 0.2) is 12.1 Å². The number of rotatable bonds is 7. The first-order valence-electron chi connectivity index (χ1n) is 6.40. The van der Waals surface area contributed by atoms with Gasteiger partial charge in [-0.1, -0.05) is 13.8 Å². The number of nitrogens with one attached hydrogen (secondary N) is 1. The first kappa shape index (κ1) is 15.9. The maximum absolute atomic E-state index is 11.1. The lowest BCUT2D eigenvalue weighted by atomic mass is 9.97. The Kier molecular flexibility index (Phi) is 5.42. The second-order valence-electron chi connectivity index (χ2n) is 5.10. The zero-order valence-corrected chi connectivity index (χ0v) is 11.8. The van der Waals surface area contributed by atoms with Crippen LogP contribution in [0.2, 0.25) is 0 Å². The van der Waals surface area contributed by atoms with Gasteiger partial charge in [-0.25, -0.2) is 4.98 Å². The molecule has 0 aliphatic carbocycles. The molecule has 2 N–H and O–H groups in total. The molecule has 1 unspecified atom stereocenters. The van der Waals surface area contributed by atoms with Crippen LogP contribution in [0, 0.1) is 28.9 Å². The number of carboxylic acid groups (broad SMARTS) is 1. The van der Waals surface area contributed by atoms with E-state index in [1.807, 2.05) is 13.8 Å². The van der Waals surface area contributed by atoms with E-state index in [-0.39, 0.29) is 18.2 Å². The van der Waals surface area contributed by atoms with Crippen molar-refractivity contribution in [2.75, 3.05) is 11.9 Å². The highest BCUT2D eigenvalue weighted by molar-refractivity contribution is 5.70. The first-order valence-corrected chi connectivity index (χ1v) is 6.40. The van der Waals surface area contributed by atoms with Gasteiger partial charge in [-0.3, -0.25) is 14.9 Å². The van der Waals surface area contributed by atoms with E-state index in [0.717, 1.165) is 0 Å². The fourth-order valence-electron chi connectivity index (χ4n) is 1.91. The van der Waals surface area contributed by atoms with Crippen LogP contribution in [0.5, 0.6) is 0 Å². The van der Waals surface area contributed by atoms with Crippen LogP contribution in [0.25, 0.3) is 0 Å². The maximum atomic E-state index is 11.1. The number of anilines is 1. The number of carbonyl (C=O) groups is 1. The fraction of sp³-hybridized carbons (Fsp3) is 0.538. The van der Waals surface area contributed by atoms with Gasteiger partial charge in [0.05, 0.1) is 10.8 Å². The minimum Gasteiger partial charge on any atom is -0.481 e. The topological polar surface area (TPSA) is 105 Å². The molecule has 20 heavy (non-hydrogen) atoms. The summed E-state index contributed by atoms with van der Waals surface area (Å²) in [5, 5.41) is 22.7. The van der Waals surface area contributed by atoms with Crippen molar-refractivity contribution in [2.45, 2.75) is 27.2 Å². The van der Waals surface area contributed by atoms with Gasteiger partial charge in [0.2, 0.25) is 0 Å². The van der Waals surface area contributed by atoms with Gasteiger partial charge < -0.3 is 10.4 Å².